The van der Waals surface area contributed by atoms with Gasteiger partial charge in [0.1, 0.15) is 11.5 Å². The van der Waals surface area contributed by atoms with E-state index in [1.807, 2.05) is 12.1 Å². The van der Waals surface area contributed by atoms with Crippen molar-refractivity contribution in [1.82, 2.24) is 10.6 Å². The number of rotatable bonds is 10. The smallest absolute Gasteiger partial charge is 0.422 e. The van der Waals surface area contributed by atoms with Gasteiger partial charge in [-0.05, 0) is 29.8 Å². The second kappa shape index (κ2) is 13.3. The molecule has 0 bridgehead atoms. The number of ether oxygens (including phenoxy) is 2. The zero-order valence-corrected chi connectivity index (χ0v) is 18.3. The maximum atomic E-state index is 12.2. The van der Waals surface area contributed by atoms with Crippen molar-refractivity contribution in [3.05, 3.63) is 54.0 Å². The lowest BCUT2D eigenvalue weighted by Gasteiger charge is -2.12. The molecule has 6 nitrogen and oxygen atoms in total. The minimum atomic E-state index is -4.35. The summed E-state index contributed by atoms with van der Waals surface area (Å²) in [7, 11) is 1.62. The Kier molecular flexibility index (Phi) is 11.5. The van der Waals surface area contributed by atoms with Gasteiger partial charge in [-0.1, -0.05) is 12.1 Å². The van der Waals surface area contributed by atoms with Gasteiger partial charge in [-0.15, -0.1) is 24.0 Å². The molecule has 1 aromatic heterocycles. The second-order valence-electron chi connectivity index (χ2n) is 5.89. The summed E-state index contributed by atoms with van der Waals surface area (Å²) in [6.45, 7) is 0.814. The summed E-state index contributed by atoms with van der Waals surface area (Å²) >= 11 is 0. The lowest BCUT2D eigenvalue weighted by atomic mass is 10.2. The van der Waals surface area contributed by atoms with E-state index in [1.54, 1.807) is 25.5 Å². The first-order valence-corrected chi connectivity index (χ1v) is 8.78. The standard InChI is InChI=1S/C19H24F3N3O3.HI/c1-26-12-10-24-18(23-9-8-16-3-2-11-27-16)25-13-15-4-6-17(7-5-15)28-14-19(20,21)22;/h2-7,11H,8-10,12-14H2,1H3,(H2,23,24,25);1H. The number of nitrogens with zero attached hydrogens (tertiary/aromatic N) is 1. The maximum absolute atomic E-state index is 12.2. The van der Waals surface area contributed by atoms with E-state index in [2.05, 4.69) is 15.6 Å². The van der Waals surface area contributed by atoms with Crippen LogP contribution in [0.4, 0.5) is 13.2 Å². The number of alkyl halides is 3. The molecule has 162 valence electrons. The van der Waals surface area contributed by atoms with Crippen LogP contribution >= 0.6 is 24.0 Å². The first kappa shape index (κ1) is 25.1. The molecule has 0 aliphatic rings. The van der Waals surface area contributed by atoms with Gasteiger partial charge < -0.3 is 24.5 Å². The molecule has 1 aromatic carbocycles. The third-order valence-corrected chi connectivity index (χ3v) is 3.59. The van der Waals surface area contributed by atoms with E-state index in [0.29, 0.717) is 38.6 Å². The molecule has 0 unspecified atom stereocenters. The van der Waals surface area contributed by atoms with Crippen LogP contribution < -0.4 is 15.4 Å². The molecule has 2 aromatic rings. The van der Waals surface area contributed by atoms with Gasteiger partial charge in [-0.25, -0.2) is 4.99 Å². The number of nitrogens with one attached hydrogen (secondary N) is 2. The largest absolute Gasteiger partial charge is 0.484 e. The van der Waals surface area contributed by atoms with Gasteiger partial charge in [0.25, 0.3) is 0 Å². The van der Waals surface area contributed by atoms with E-state index in [-0.39, 0.29) is 29.7 Å². The van der Waals surface area contributed by atoms with Crippen molar-refractivity contribution < 1.29 is 27.1 Å². The summed E-state index contributed by atoms with van der Waals surface area (Å²) < 4.78 is 51.5. The van der Waals surface area contributed by atoms with Gasteiger partial charge in [0.15, 0.2) is 12.6 Å². The number of furan rings is 1. The highest BCUT2D eigenvalue weighted by Gasteiger charge is 2.28. The van der Waals surface area contributed by atoms with Crippen molar-refractivity contribution >= 4 is 29.9 Å². The molecule has 0 atom stereocenters. The number of guanidine groups is 1. The van der Waals surface area contributed by atoms with E-state index < -0.39 is 12.8 Å². The predicted octanol–water partition coefficient (Wildman–Crippen LogP) is 3.76. The van der Waals surface area contributed by atoms with Gasteiger partial charge in [-0.2, -0.15) is 13.2 Å². The lowest BCUT2D eigenvalue weighted by molar-refractivity contribution is -0.153. The number of halogens is 4. The molecule has 0 aliphatic carbocycles. The molecule has 0 saturated heterocycles. The highest BCUT2D eigenvalue weighted by Crippen LogP contribution is 2.19. The van der Waals surface area contributed by atoms with E-state index in [0.717, 1.165) is 11.3 Å². The van der Waals surface area contributed by atoms with E-state index in [9.17, 15) is 13.2 Å². The molecule has 0 fully saturated rings. The van der Waals surface area contributed by atoms with E-state index in [1.165, 1.54) is 12.1 Å². The highest BCUT2D eigenvalue weighted by atomic mass is 127. The first-order chi connectivity index (χ1) is 13.5. The van der Waals surface area contributed by atoms with Crippen LogP contribution in [0.25, 0.3) is 0 Å². The van der Waals surface area contributed by atoms with E-state index >= 15 is 0 Å². The highest BCUT2D eigenvalue weighted by molar-refractivity contribution is 14.0. The minimum absolute atomic E-state index is 0. The fourth-order valence-electron chi connectivity index (χ4n) is 2.23. The molecule has 0 aliphatic heterocycles. The Bertz CT molecular complexity index is 708. The van der Waals surface area contributed by atoms with Crippen molar-refractivity contribution in [2.24, 2.45) is 4.99 Å². The Hall–Kier alpha value is -1.95. The number of benzene rings is 1. The molecule has 0 radical (unpaired) electrons. The van der Waals surface area contributed by atoms with Crippen LogP contribution in [0.5, 0.6) is 5.75 Å². The molecule has 2 rings (SSSR count). The van der Waals surface area contributed by atoms with Crippen LogP contribution in [0.15, 0.2) is 52.1 Å². The second-order valence-corrected chi connectivity index (χ2v) is 5.89. The fraction of sp³-hybridized carbons (Fsp3) is 0.421. The molecule has 2 N–H and O–H groups in total. The van der Waals surface area contributed by atoms with Crippen LogP contribution in [0.3, 0.4) is 0 Å². The summed E-state index contributed by atoms with van der Waals surface area (Å²) in [5.74, 6) is 1.65. The Balaban J connectivity index is 0.00000420. The number of hydrogen-bond donors (Lipinski definition) is 2. The monoisotopic (exact) mass is 527 g/mol. The van der Waals surface area contributed by atoms with Crippen LogP contribution in [0.2, 0.25) is 0 Å². The normalized spacial score (nSPS) is 11.7. The predicted molar refractivity (Wildman–Crippen MR) is 115 cm³/mol. The Morgan fingerprint density at radius 2 is 1.83 bits per heavy atom. The Morgan fingerprint density at radius 1 is 1.10 bits per heavy atom. The van der Waals surface area contributed by atoms with Crippen molar-refractivity contribution in [3.8, 4) is 5.75 Å². The molecule has 1 heterocycles. The topological polar surface area (TPSA) is 68.0 Å². The number of hydrogen-bond acceptors (Lipinski definition) is 4. The van der Waals surface area contributed by atoms with Gasteiger partial charge in [0.05, 0.1) is 19.4 Å². The van der Waals surface area contributed by atoms with Crippen LogP contribution in [-0.2, 0) is 17.7 Å². The van der Waals surface area contributed by atoms with Gasteiger partial charge in [0, 0.05) is 26.6 Å². The molecule has 0 saturated carbocycles. The lowest BCUT2D eigenvalue weighted by Crippen LogP contribution is -2.40. The molecule has 0 spiro atoms. The third kappa shape index (κ3) is 11.0. The fourth-order valence-corrected chi connectivity index (χ4v) is 2.23. The van der Waals surface area contributed by atoms with Crippen LogP contribution in [-0.4, -0.2) is 45.5 Å². The Morgan fingerprint density at radius 3 is 2.45 bits per heavy atom. The molecule has 10 heteroatoms. The van der Waals surface area contributed by atoms with Gasteiger partial charge in [0.2, 0.25) is 0 Å². The quantitative estimate of drug-likeness (QED) is 0.213. The maximum Gasteiger partial charge on any atom is 0.422 e. The summed E-state index contributed by atoms with van der Waals surface area (Å²) in [6, 6.07) is 10.1. The van der Waals surface area contributed by atoms with Crippen LogP contribution in [0, 0.1) is 0 Å². The van der Waals surface area contributed by atoms with Crippen LogP contribution in [0.1, 0.15) is 11.3 Å². The molecule has 0 amide bonds. The van der Waals surface area contributed by atoms with Crippen molar-refractivity contribution in [2.45, 2.75) is 19.1 Å². The molecule has 29 heavy (non-hydrogen) atoms. The SMILES string of the molecule is COCCNC(=NCc1ccc(OCC(F)(F)F)cc1)NCCc1ccco1.I. The zero-order valence-electron chi connectivity index (χ0n) is 16.0. The van der Waals surface area contributed by atoms with Crippen molar-refractivity contribution in [1.29, 1.82) is 0 Å². The van der Waals surface area contributed by atoms with Crippen molar-refractivity contribution in [3.63, 3.8) is 0 Å². The average molecular weight is 527 g/mol. The minimum Gasteiger partial charge on any atom is -0.484 e. The van der Waals surface area contributed by atoms with Crippen molar-refractivity contribution in [2.75, 3.05) is 33.4 Å². The van der Waals surface area contributed by atoms with E-state index in [4.69, 9.17) is 13.9 Å². The summed E-state index contributed by atoms with van der Waals surface area (Å²) in [5.41, 5.74) is 0.846. The summed E-state index contributed by atoms with van der Waals surface area (Å²) in [4.78, 5) is 4.49. The first-order valence-electron chi connectivity index (χ1n) is 8.78. The van der Waals surface area contributed by atoms with Gasteiger partial charge >= 0.3 is 6.18 Å². The average Bonchev–Trinajstić information content (AvgIpc) is 3.18. The molecular weight excluding hydrogens is 502 g/mol. The summed E-state index contributed by atoms with van der Waals surface area (Å²) in [6.07, 6.45) is -2.01. The number of aliphatic imine (C=N–C) groups is 1. The number of methoxy groups -OCH3 is 1. The Labute approximate surface area is 184 Å². The molecular formula is C19H25F3IN3O3. The van der Waals surface area contributed by atoms with Gasteiger partial charge in [-0.3, -0.25) is 0 Å². The summed E-state index contributed by atoms with van der Waals surface area (Å²) in [5, 5.41) is 6.36. The third-order valence-electron chi connectivity index (χ3n) is 3.59. The zero-order chi connectivity index (χ0) is 20.2.